The highest BCUT2D eigenvalue weighted by Crippen LogP contribution is 2.23. The lowest BCUT2D eigenvalue weighted by Crippen LogP contribution is -2.26. The number of hydrogen-bond donors (Lipinski definition) is 1. The van der Waals surface area contributed by atoms with Gasteiger partial charge >= 0.3 is 0 Å². The molecule has 1 heterocycles. The van der Waals surface area contributed by atoms with Gasteiger partial charge in [0.25, 0.3) is 5.56 Å². The molecule has 2 rings (SSSR count). The Morgan fingerprint density at radius 2 is 1.88 bits per heavy atom. The molecular formula is C20H29N3O2S. The summed E-state index contributed by atoms with van der Waals surface area (Å²) in [7, 11) is 4.02. The molecule has 0 fully saturated rings. The summed E-state index contributed by atoms with van der Waals surface area (Å²) < 4.78 is 1.63. The molecule has 5 nitrogen and oxygen atoms in total. The van der Waals surface area contributed by atoms with Crippen LogP contribution in [0.4, 0.5) is 0 Å². The summed E-state index contributed by atoms with van der Waals surface area (Å²) in [4.78, 5) is 19.6. The lowest BCUT2D eigenvalue weighted by Gasteiger charge is -2.15. The smallest absolute Gasteiger partial charge is 0.265 e. The Morgan fingerprint density at radius 1 is 1.15 bits per heavy atom. The quantitative estimate of drug-likeness (QED) is 0.390. The van der Waals surface area contributed by atoms with Crippen LogP contribution in [0.2, 0.25) is 0 Å². The zero-order valence-electron chi connectivity index (χ0n) is 15.9. The number of benzene rings is 1. The predicted molar refractivity (Wildman–Crippen MR) is 109 cm³/mol. The van der Waals surface area contributed by atoms with Gasteiger partial charge in [-0.25, -0.2) is 0 Å². The third-order valence-corrected chi connectivity index (χ3v) is 5.11. The molecule has 26 heavy (non-hydrogen) atoms. The SMILES string of the molecule is CCCCCCc1c(O)nc(SCCN(C)C)n(-c2ccccc2)c1=O. The van der Waals surface area contributed by atoms with Crippen LogP contribution >= 0.6 is 11.8 Å². The van der Waals surface area contributed by atoms with Crippen molar-refractivity contribution >= 4 is 11.8 Å². The fourth-order valence-corrected chi connectivity index (χ4v) is 3.80. The number of para-hydroxylation sites is 1. The number of aromatic nitrogens is 2. The van der Waals surface area contributed by atoms with E-state index in [2.05, 4.69) is 16.8 Å². The first-order chi connectivity index (χ1) is 12.5. The van der Waals surface area contributed by atoms with Crippen LogP contribution in [0.15, 0.2) is 40.3 Å². The van der Waals surface area contributed by atoms with E-state index in [9.17, 15) is 9.90 Å². The van der Waals surface area contributed by atoms with Crippen molar-refractivity contribution in [3.63, 3.8) is 0 Å². The second-order valence-corrected chi connectivity index (χ2v) is 7.70. The van der Waals surface area contributed by atoms with Gasteiger partial charge in [0.05, 0.1) is 11.3 Å². The topological polar surface area (TPSA) is 58.4 Å². The monoisotopic (exact) mass is 375 g/mol. The highest BCUT2D eigenvalue weighted by molar-refractivity contribution is 7.99. The zero-order valence-corrected chi connectivity index (χ0v) is 16.8. The van der Waals surface area contributed by atoms with E-state index in [1.165, 1.54) is 11.8 Å². The van der Waals surface area contributed by atoms with Crippen LogP contribution in [0, 0.1) is 0 Å². The number of unbranched alkanes of at least 4 members (excludes halogenated alkanes) is 3. The van der Waals surface area contributed by atoms with Crippen molar-refractivity contribution in [2.24, 2.45) is 0 Å². The van der Waals surface area contributed by atoms with Gasteiger partial charge in [-0.2, -0.15) is 4.98 Å². The molecule has 0 atom stereocenters. The number of hydrogen-bond acceptors (Lipinski definition) is 5. The summed E-state index contributed by atoms with van der Waals surface area (Å²) in [6.45, 7) is 3.02. The van der Waals surface area contributed by atoms with Gasteiger partial charge in [-0.3, -0.25) is 9.36 Å². The van der Waals surface area contributed by atoms with E-state index in [-0.39, 0.29) is 11.4 Å². The van der Waals surface area contributed by atoms with E-state index < -0.39 is 0 Å². The van der Waals surface area contributed by atoms with Gasteiger partial charge < -0.3 is 10.0 Å². The maximum Gasteiger partial charge on any atom is 0.265 e. The van der Waals surface area contributed by atoms with Crippen LogP contribution in [0.1, 0.15) is 38.2 Å². The minimum absolute atomic E-state index is 0.119. The standard InChI is InChI=1S/C20H29N3O2S/c1-4-5-6-10-13-17-18(24)21-20(26-15-14-22(2)3)23(19(17)25)16-11-8-7-9-12-16/h7-9,11-12,24H,4-6,10,13-15H2,1-3H3. The molecular weight excluding hydrogens is 346 g/mol. The first-order valence-electron chi connectivity index (χ1n) is 9.22. The summed E-state index contributed by atoms with van der Waals surface area (Å²) in [6.07, 6.45) is 4.78. The van der Waals surface area contributed by atoms with Crippen molar-refractivity contribution in [1.82, 2.24) is 14.5 Å². The maximum absolute atomic E-state index is 13.1. The fraction of sp³-hybridized carbons (Fsp3) is 0.500. The number of thioether (sulfide) groups is 1. The van der Waals surface area contributed by atoms with Crippen molar-refractivity contribution < 1.29 is 5.11 Å². The third kappa shape index (κ3) is 5.61. The summed E-state index contributed by atoms with van der Waals surface area (Å²) >= 11 is 1.49. The minimum atomic E-state index is -0.160. The summed E-state index contributed by atoms with van der Waals surface area (Å²) in [5.74, 6) is 0.674. The van der Waals surface area contributed by atoms with Crippen molar-refractivity contribution in [3.8, 4) is 11.6 Å². The van der Waals surface area contributed by atoms with Gasteiger partial charge in [-0.05, 0) is 39.1 Å². The van der Waals surface area contributed by atoms with Crippen LogP contribution in [0.3, 0.4) is 0 Å². The van der Waals surface area contributed by atoms with E-state index in [1.807, 2.05) is 44.4 Å². The van der Waals surface area contributed by atoms with Gasteiger partial charge in [0.2, 0.25) is 5.88 Å². The molecule has 0 bridgehead atoms. The molecule has 0 unspecified atom stereocenters. The van der Waals surface area contributed by atoms with Gasteiger partial charge in [0, 0.05) is 12.3 Å². The highest BCUT2D eigenvalue weighted by atomic mass is 32.2. The van der Waals surface area contributed by atoms with E-state index in [0.717, 1.165) is 43.7 Å². The molecule has 1 aromatic carbocycles. The molecule has 1 aromatic heterocycles. The van der Waals surface area contributed by atoms with Crippen LogP contribution in [-0.4, -0.2) is 46.0 Å². The minimum Gasteiger partial charge on any atom is -0.493 e. The predicted octanol–water partition coefficient (Wildman–Crippen LogP) is 3.71. The first-order valence-corrected chi connectivity index (χ1v) is 10.2. The summed E-state index contributed by atoms with van der Waals surface area (Å²) in [6, 6.07) is 9.54. The lowest BCUT2D eigenvalue weighted by molar-refractivity contribution is 0.428. The Bertz CT molecular complexity index is 745. The number of aromatic hydroxyl groups is 1. The van der Waals surface area contributed by atoms with E-state index in [0.29, 0.717) is 17.1 Å². The second kappa shape index (κ2) is 10.4. The first kappa shape index (κ1) is 20.5. The van der Waals surface area contributed by atoms with Gasteiger partial charge in [0.15, 0.2) is 5.16 Å². The van der Waals surface area contributed by atoms with Crippen molar-refractivity contribution in [3.05, 3.63) is 46.2 Å². The molecule has 0 spiro atoms. The summed E-state index contributed by atoms with van der Waals surface area (Å²) in [5, 5.41) is 10.9. The Balaban J connectivity index is 2.37. The Hall–Kier alpha value is -1.79. The zero-order chi connectivity index (χ0) is 18.9. The lowest BCUT2D eigenvalue weighted by atomic mass is 10.1. The van der Waals surface area contributed by atoms with Crippen LogP contribution in [-0.2, 0) is 6.42 Å². The molecule has 1 N–H and O–H groups in total. The maximum atomic E-state index is 13.1. The highest BCUT2D eigenvalue weighted by Gasteiger charge is 2.17. The average molecular weight is 376 g/mol. The second-order valence-electron chi connectivity index (χ2n) is 6.64. The molecule has 0 radical (unpaired) electrons. The Kier molecular flexibility index (Phi) is 8.19. The molecule has 0 amide bonds. The molecule has 0 aliphatic heterocycles. The van der Waals surface area contributed by atoms with Crippen LogP contribution in [0.5, 0.6) is 5.88 Å². The average Bonchev–Trinajstić information content (AvgIpc) is 2.61. The fourth-order valence-electron chi connectivity index (χ4n) is 2.69. The Labute approximate surface area is 160 Å². The molecule has 0 saturated heterocycles. The van der Waals surface area contributed by atoms with Gasteiger partial charge in [-0.1, -0.05) is 56.1 Å². The third-order valence-electron chi connectivity index (χ3n) is 4.19. The molecule has 0 aliphatic carbocycles. The van der Waals surface area contributed by atoms with E-state index >= 15 is 0 Å². The molecule has 2 aromatic rings. The largest absolute Gasteiger partial charge is 0.493 e. The van der Waals surface area contributed by atoms with Gasteiger partial charge in [0.1, 0.15) is 0 Å². The van der Waals surface area contributed by atoms with Crippen LogP contribution < -0.4 is 5.56 Å². The van der Waals surface area contributed by atoms with E-state index in [1.54, 1.807) is 4.57 Å². The van der Waals surface area contributed by atoms with Crippen molar-refractivity contribution in [1.29, 1.82) is 0 Å². The Morgan fingerprint density at radius 3 is 2.54 bits per heavy atom. The molecule has 6 heteroatoms. The van der Waals surface area contributed by atoms with Crippen LogP contribution in [0.25, 0.3) is 5.69 Å². The van der Waals surface area contributed by atoms with Gasteiger partial charge in [-0.15, -0.1) is 0 Å². The summed E-state index contributed by atoms with van der Waals surface area (Å²) in [5.41, 5.74) is 1.04. The number of rotatable bonds is 10. The van der Waals surface area contributed by atoms with Crippen molar-refractivity contribution in [2.45, 2.75) is 44.2 Å². The van der Waals surface area contributed by atoms with E-state index in [4.69, 9.17) is 0 Å². The molecule has 0 saturated carbocycles. The van der Waals surface area contributed by atoms with Crippen molar-refractivity contribution in [2.75, 3.05) is 26.4 Å². The number of nitrogens with zero attached hydrogens (tertiary/aromatic N) is 3. The molecule has 0 aliphatic rings. The normalized spacial score (nSPS) is 11.2. The molecule has 142 valence electrons.